The fourth-order valence-corrected chi connectivity index (χ4v) is 3.16. The number of fused-ring (bicyclic) bond motifs is 1. The van der Waals surface area contributed by atoms with E-state index in [9.17, 15) is 4.79 Å². The van der Waals surface area contributed by atoms with Crippen molar-refractivity contribution < 1.29 is 9.53 Å². The maximum Gasteiger partial charge on any atom is 0.155 e. The van der Waals surface area contributed by atoms with Crippen LogP contribution in [0.1, 0.15) is 32.6 Å². The molecule has 3 heteroatoms. The number of hydrogen-bond donors (Lipinski definition) is 0. The van der Waals surface area contributed by atoms with Gasteiger partial charge >= 0.3 is 0 Å². The lowest BCUT2D eigenvalue weighted by molar-refractivity contribution is -0.123. The molecular formula is C17H21NO2. The Morgan fingerprint density at radius 3 is 2.85 bits per heavy atom. The highest BCUT2D eigenvalue weighted by Gasteiger charge is 2.23. The zero-order chi connectivity index (χ0) is 13.9. The van der Waals surface area contributed by atoms with Crippen LogP contribution >= 0.6 is 0 Å². The van der Waals surface area contributed by atoms with Gasteiger partial charge in [0.25, 0.3) is 0 Å². The summed E-state index contributed by atoms with van der Waals surface area (Å²) in [5.74, 6) is 1.56. The molecule has 0 amide bonds. The van der Waals surface area contributed by atoms with Crippen molar-refractivity contribution in [3.05, 3.63) is 30.5 Å². The lowest BCUT2D eigenvalue weighted by Crippen LogP contribution is -2.17. The van der Waals surface area contributed by atoms with Gasteiger partial charge in [0, 0.05) is 17.5 Å². The van der Waals surface area contributed by atoms with Crippen LogP contribution in [-0.2, 0) is 11.3 Å². The molecule has 1 saturated carbocycles. The maximum atomic E-state index is 12.3. The molecule has 20 heavy (non-hydrogen) atoms. The monoisotopic (exact) mass is 271 g/mol. The lowest BCUT2D eigenvalue weighted by atomic mass is 10.0. The van der Waals surface area contributed by atoms with Gasteiger partial charge in [-0.1, -0.05) is 18.9 Å². The summed E-state index contributed by atoms with van der Waals surface area (Å²) in [5.41, 5.74) is 1.09. The standard InChI is InChI=1S/C17H21NO2/c1-2-20-17-9-5-8-15-14(17)10-11-18(15)12-16(19)13-6-3-4-7-13/h5,8-11,13H,2-4,6-7,12H2,1H3. The Balaban J connectivity index is 1.85. The summed E-state index contributed by atoms with van der Waals surface area (Å²) in [5, 5.41) is 1.09. The van der Waals surface area contributed by atoms with Crippen LogP contribution in [0.2, 0.25) is 0 Å². The number of ketones is 1. The van der Waals surface area contributed by atoms with Crippen LogP contribution in [-0.4, -0.2) is 17.0 Å². The summed E-state index contributed by atoms with van der Waals surface area (Å²) in [6, 6.07) is 8.07. The predicted molar refractivity (Wildman–Crippen MR) is 80.1 cm³/mol. The van der Waals surface area contributed by atoms with Crippen molar-refractivity contribution in [1.29, 1.82) is 0 Å². The molecule has 0 N–H and O–H groups in total. The molecule has 0 aliphatic heterocycles. The molecule has 1 aliphatic carbocycles. The number of carbonyl (C=O) groups excluding carboxylic acids is 1. The van der Waals surface area contributed by atoms with Gasteiger partial charge in [-0.3, -0.25) is 4.79 Å². The van der Waals surface area contributed by atoms with Crippen LogP contribution in [0.3, 0.4) is 0 Å². The van der Waals surface area contributed by atoms with E-state index in [1.807, 2.05) is 31.3 Å². The smallest absolute Gasteiger partial charge is 0.155 e. The van der Waals surface area contributed by atoms with E-state index in [0.29, 0.717) is 18.9 Å². The van der Waals surface area contributed by atoms with E-state index in [-0.39, 0.29) is 5.92 Å². The molecule has 3 nitrogen and oxygen atoms in total. The van der Waals surface area contributed by atoms with E-state index in [0.717, 1.165) is 29.5 Å². The quantitative estimate of drug-likeness (QED) is 0.828. The first-order valence-electron chi connectivity index (χ1n) is 7.53. The Bertz CT molecular complexity index is 608. The van der Waals surface area contributed by atoms with Crippen molar-refractivity contribution in [2.24, 2.45) is 5.92 Å². The van der Waals surface area contributed by atoms with Crippen molar-refractivity contribution in [3.8, 4) is 5.75 Å². The van der Waals surface area contributed by atoms with Crippen LogP contribution < -0.4 is 4.74 Å². The van der Waals surface area contributed by atoms with Crippen molar-refractivity contribution in [3.63, 3.8) is 0 Å². The topological polar surface area (TPSA) is 31.2 Å². The fourth-order valence-electron chi connectivity index (χ4n) is 3.16. The second-order valence-electron chi connectivity index (χ2n) is 5.51. The summed E-state index contributed by atoms with van der Waals surface area (Å²) in [6.07, 6.45) is 6.55. The van der Waals surface area contributed by atoms with Gasteiger partial charge in [0.1, 0.15) is 5.75 Å². The van der Waals surface area contributed by atoms with Gasteiger partial charge in [-0.25, -0.2) is 0 Å². The average molecular weight is 271 g/mol. The summed E-state index contributed by atoms with van der Waals surface area (Å²) >= 11 is 0. The number of aromatic nitrogens is 1. The maximum absolute atomic E-state index is 12.3. The molecule has 1 aromatic heterocycles. The first kappa shape index (κ1) is 13.2. The van der Waals surface area contributed by atoms with Gasteiger partial charge in [0.15, 0.2) is 5.78 Å². The molecule has 1 heterocycles. The zero-order valence-corrected chi connectivity index (χ0v) is 12.0. The van der Waals surface area contributed by atoms with Gasteiger partial charge in [-0.15, -0.1) is 0 Å². The first-order chi connectivity index (χ1) is 9.79. The lowest BCUT2D eigenvalue weighted by Gasteiger charge is -2.10. The Hall–Kier alpha value is -1.77. The van der Waals surface area contributed by atoms with Gasteiger partial charge < -0.3 is 9.30 Å². The third-order valence-electron chi connectivity index (χ3n) is 4.21. The molecule has 106 valence electrons. The first-order valence-corrected chi connectivity index (χ1v) is 7.53. The molecule has 0 atom stereocenters. The van der Waals surface area contributed by atoms with Gasteiger partial charge in [0.05, 0.1) is 18.7 Å². The fraction of sp³-hybridized carbons (Fsp3) is 0.471. The third-order valence-corrected chi connectivity index (χ3v) is 4.21. The van der Waals surface area contributed by atoms with E-state index in [2.05, 4.69) is 10.6 Å². The number of ether oxygens (including phenoxy) is 1. The van der Waals surface area contributed by atoms with E-state index in [4.69, 9.17) is 4.74 Å². The van der Waals surface area contributed by atoms with Gasteiger partial charge in [-0.2, -0.15) is 0 Å². The van der Waals surface area contributed by atoms with Crippen LogP contribution in [0.4, 0.5) is 0 Å². The predicted octanol–water partition coefficient (Wildman–Crippen LogP) is 3.80. The second-order valence-corrected chi connectivity index (χ2v) is 5.51. The molecule has 3 rings (SSSR count). The van der Waals surface area contributed by atoms with Crippen LogP contribution in [0.25, 0.3) is 10.9 Å². The van der Waals surface area contributed by atoms with E-state index >= 15 is 0 Å². The average Bonchev–Trinajstić information content (AvgIpc) is 3.09. The summed E-state index contributed by atoms with van der Waals surface area (Å²) in [4.78, 5) is 12.3. The SMILES string of the molecule is CCOc1cccc2c1ccn2CC(=O)C1CCCC1. The largest absolute Gasteiger partial charge is 0.493 e. The van der Waals surface area contributed by atoms with Crippen LogP contribution in [0, 0.1) is 5.92 Å². The Kier molecular flexibility index (Phi) is 3.77. The minimum Gasteiger partial charge on any atom is -0.493 e. The molecule has 0 bridgehead atoms. The van der Waals surface area contributed by atoms with Crippen molar-refractivity contribution in [1.82, 2.24) is 4.57 Å². The van der Waals surface area contributed by atoms with Crippen LogP contribution in [0.15, 0.2) is 30.5 Å². The summed E-state index contributed by atoms with van der Waals surface area (Å²) < 4.78 is 7.69. The highest BCUT2D eigenvalue weighted by atomic mass is 16.5. The van der Waals surface area contributed by atoms with Crippen molar-refractivity contribution >= 4 is 16.7 Å². The van der Waals surface area contributed by atoms with Gasteiger partial charge in [-0.05, 0) is 38.0 Å². The molecule has 0 spiro atoms. The highest BCUT2D eigenvalue weighted by molar-refractivity contribution is 5.89. The Morgan fingerprint density at radius 1 is 1.30 bits per heavy atom. The normalized spacial score (nSPS) is 15.8. The summed E-state index contributed by atoms with van der Waals surface area (Å²) in [6.45, 7) is 3.13. The molecular weight excluding hydrogens is 250 g/mol. The van der Waals surface area contributed by atoms with Crippen molar-refractivity contribution in [2.75, 3.05) is 6.61 Å². The van der Waals surface area contributed by atoms with Crippen LogP contribution in [0.5, 0.6) is 5.75 Å². The number of Topliss-reactive ketones (excluding diaryl/α,β-unsaturated/α-hetero) is 1. The van der Waals surface area contributed by atoms with E-state index < -0.39 is 0 Å². The minimum atomic E-state index is 0.280. The molecule has 1 fully saturated rings. The molecule has 1 aromatic carbocycles. The Morgan fingerprint density at radius 2 is 2.10 bits per heavy atom. The third kappa shape index (κ3) is 2.45. The molecule has 0 radical (unpaired) electrons. The molecule has 0 unspecified atom stereocenters. The Labute approximate surface area is 119 Å². The van der Waals surface area contributed by atoms with E-state index in [1.54, 1.807) is 0 Å². The van der Waals surface area contributed by atoms with Crippen molar-refractivity contribution in [2.45, 2.75) is 39.2 Å². The highest BCUT2D eigenvalue weighted by Crippen LogP contribution is 2.29. The van der Waals surface area contributed by atoms with E-state index in [1.165, 1.54) is 12.8 Å². The number of benzene rings is 1. The minimum absolute atomic E-state index is 0.280. The van der Waals surface area contributed by atoms with Gasteiger partial charge in [0.2, 0.25) is 0 Å². The second kappa shape index (κ2) is 5.70. The number of rotatable bonds is 5. The zero-order valence-electron chi connectivity index (χ0n) is 12.0. The number of hydrogen-bond acceptors (Lipinski definition) is 2. The molecule has 1 aliphatic rings. The molecule has 0 saturated heterocycles. The molecule has 2 aromatic rings. The number of carbonyl (C=O) groups is 1. The summed E-state index contributed by atoms with van der Waals surface area (Å²) in [7, 11) is 0. The number of nitrogens with zero attached hydrogens (tertiary/aromatic N) is 1.